The number of hydrogen-bond acceptors (Lipinski definition) is 1. The van der Waals surface area contributed by atoms with E-state index in [1.165, 1.54) is 0 Å². The maximum Gasteiger partial charge on any atom is 0.101 e. The second kappa shape index (κ2) is 5.30. The molecule has 0 aromatic rings. The van der Waals surface area contributed by atoms with Gasteiger partial charge in [-0.3, -0.25) is 0 Å². The molecule has 11 heavy (non-hydrogen) atoms. The molecule has 0 N–H and O–H groups in total. The molecule has 0 aliphatic carbocycles. The van der Waals surface area contributed by atoms with Gasteiger partial charge in [-0.05, 0) is 19.5 Å². The summed E-state index contributed by atoms with van der Waals surface area (Å²) < 4.78 is 12.6. The maximum absolute atomic E-state index is 12.6. The molecule has 0 aromatic heterocycles. The first kappa shape index (κ1) is 10.6. The van der Waals surface area contributed by atoms with Crippen LogP contribution in [0.5, 0.6) is 0 Å². The third kappa shape index (κ3) is 3.51. The molecular weight excluding hydrogens is 141 g/mol. The van der Waals surface area contributed by atoms with Crippen molar-refractivity contribution in [1.82, 2.24) is 4.90 Å². The van der Waals surface area contributed by atoms with E-state index in [9.17, 15) is 4.39 Å². The van der Waals surface area contributed by atoms with Crippen LogP contribution in [0.3, 0.4) is 0 Å². The fourth-order valence-electron chi connectivity index (χ4n) is 1.07. The number of hydrogen-bond donors (Lipinski definition) is 0. The maximum atomic E-state index is 12.6. The minimum absolute atomic E-state index is 0.0908. The van der Waals surface area contributed by atoms with Crippen LogP contribution in [0, 0.1) is 0 Å². The van der Waals surface area contributed by atoms with Gasteiger partial charge in [-0.25, -0.2) is 4.39 Å². The Morgan fingerprint density at radius 1 is 1.36 bits per heavy atom. The van der Waals surface area contributed by atoms with E-state index in [2.05, 4.69) is 4.90 Å². The highest BCUT2D eigenvalue weighted by molar-refractivity contribution is 5.10. The molecule has 0 aromatic carbocycles. The van der Waals surface area contributed by atoms with Crippen LogP contribution in [0.1, 0.15) is 27.2 Å². The molecule has 0 amide bonds. The zero-order valence-corrected chi connectivity index (χ0v) is 7.95. The van der Waals surface area contributed by atoms with Gasteiger partial charge in [-0.2, -0.15) is 0 Å². The van der Waals surface area contributed by atoms with Crippen molar-refractivity contribution in [2.24, 2.45) is 0 Å². The van der Waals surface area contributed by atoms with Crippen molar-refractivity contribution < 1.29 is 4.39 Å². The standard InChI is InChI=1S/C7H12FN.C2H6/c1-6-5-9(2)4-3-7(6)8;1-2/h3-5H2,1-2H3;1-2H3. The van der Waals surface area contributed by atoms with Crippen molar-refractivity contribution in [3.63, 3.8) is 0 Å². The highest BCUT2D eigenvalue weighted by Gasteiger charge is 2.11. The summed E-state index contributed by atoms with van der Waals surface area (Å²) in [6.07, 6.45) is 0.600. The number of nitrogens with zero attached hydrogens (tertiary/aromatic N) is 1. The second-order valence-electron chi connectivity index (χ2n) is 2.67. The van der Waals surface area contributed by atoms with Crippen LogP contribution in [0.4, 0.5) is 4.39 Å². The van der Waals surface area contributed by atoms with E-state index in [0.717, 1.165) is 18.7 Å². The van der Waals surface area contributed by atoms with E-state index >= 15 is 0 Å². The first-order valence-electron chi connectivity index (χ1n) is 4.23. The summed E-state index contributed by atoms with van der Waals surface area (Å²) in [6, 6.07) is 0. The largest absolute Gasteiger partial charge is 0.302 e. The number of rotatable bonds is 0. The first-order chi connectivity index (χ1) is 5.20. The topological polar surface area (TPSA) is 3.24 Å². The summed E-state index contributed by atoms with van der Waals surface area (Å²) in [4.78, 5) is 2.12. The molecule has 1 aliphatic heterocycles. The molecule has 0 atom stereocenters. The van der Waals surface area contributed by atoms with E-state index in [0.29, 0.717) is 6.42 Å². The lowest BCUT2D eigenvalue weighted by Gasteiger charge is -2.21. The molecule has 0 saturated heterocycles. The lowest BCUT2D eigenvalue weighted by atomic mass is 10.1. The highest BCUT2D eigenvalue weighted by Crippen LogP contribution is 2.16. The number of halogens is 1. The lowest BCUT2D eigenvalue weighted by Crippen LogP contribution is -2.26. The van der Waals surface area contributed by atoms with E-state index in [-0.39, 0.29) is 5.83 Å². The normalized spacial score (nSPS) is 19.4. The van der Waals surface area contributed by atoms with Crippen LogP contribution in [0.15, 0.2) is 11.4 Å². The van der Waals surface area contributed by atoms with Crippen molar-refractivity contribution in [2.75, 3.05) is 20.1 Å². The summed E-state index contributed by atoms with van der Waals surface area (Å²) in [7, 11) is 2.01. The molecule has 0 spiro atoms. The SMILES string of the molecule is CC.CC1=C(F)CCN(C)C1. The van der Waals surface area contributed by atoms with Crippen LogP contribution >= 0.6 is 0 Å². The van der Waals surface area contributed by atoms with E-state index in [4.69, 9.17) is 0 Å². The van der Waals surface area contributed by atoms with Gasteiger partial charge in [0, 0.05) is 19.5 Å². The van der Waals surface area contributed by atoms with Crippen LogP contribution in [-0.4, -0.2) is 25.0 Å². The summed E-state index contributed by atoms with van der Waals surface area (Å²) in [5, 5.41) is 0. The van der Waals surface area contributed by atoms with Gasteiger partial charge in [0.1, 0.15) is 5.83 Å². The molecule has 66 valence electrons. The van der Waals surface area contributed by atoms with E-state index in [1.807, 2.05) is 27.8 Å². The predicted octanol–water partition coefficient (Wildman–Crippen LogP) is 2.59. The Kier molecular flexibility index (Phi) is 5.12. The molecule has 1 rings (SSSR count). The van der Waals surface area contributed by atoms with Gasteiger partial charge in [0.15, 0.2) is 0 Å². The third-order valence-electron chi connectivity index (χ3n) is 1.68. The Balaban J connectivity index is 0.000000461. The van der Waals surface area contributed by atoms with Gasteiger partial charge < -0.3 is 4.90 Å². The van der Waals surface area contributed by atoms with Gasteiger partial charge in [-0.1, -0.05) is 13.8 Å². The summed E-state index contributed by atoms with van der Waals surface area (Å²) in [5.74, 6) is 0.0908. The van der Waals surface area contributed by atoms with Crippen molar-refractivity contribution in [2.45, 2.75) is 27.2 Å². The lowest BCUT2D eigenvalue weighted by molar-refractivity contribution is 0.324. The van der Waals surface area contributed by atoms with Crippen LogP contribution in [0.25, 0.3) is 0 Å². The molecular formula is C9H18FN. The zero-order chi connectivity index (χ0) is 8.85. The molecule has 1 heterocycles. The van der Waals surface area contributed by atoms with Crippen LogP contribution < -0.4 is 0 Å². The Hall–Kier alpha value is -0.370. The summed E-state index contributed by atoms with van der Waals surface area (Å²) >= 11 is 0. The third-order valence-corrected chi connectivity index (χ3v) is 1.68. The minimum Gasteiger partial charge on any atom is -0.302 e. The van der Waals surface area contributed by atoms with Crippen molar-refractivity contribution in [3.05, 3.63) is 11.4 Å². The van der Waals surface area contributed by atoms with Crippen molar-refractivity contribution in [1.29, 1.82) is 0 Å². The van der Waals surface area contributed by atoms with Crippen LogP contribution in [0.2, 0.25) is 0 Å². The molecule has 0 saturated carbocycles. The molecule has 0 unspecified atom stereocenters. The average molecular weight is 159 g/mol. The molecule has 1 aliphatic rings. The molecule has 2 heteroatoms. The monoisotopic (exact) mass is 159 g/mol. The average Bonchev–Trinajstić information content (AvgIpc) is 2.02. The minimum atomic E-state index is 0.0908. The smallest absolute Gasteiger partial charge is 0.101 e. The Labute approximate surface area is 68.9 Å². The van der Waals surface area contributed by atoms with Crippen LogP contribution in [-0.2, 0) is 0 Å². The molecule has 0 bridgehead atoms. The fourth-order valence-corrected chi connectivity index (χ4v) is 1.07. The fraction of sp³-hybridized carbons (Fsp3) is 0.778. The van der Waals surface area contributed by atoms with E-state index in [1.54, 1.807) is 0 Å². The number of likely N-dealkylation sites (N-methyl/N-ethyl adjacent to an activating group) is 1. The Bertz CT molecular complexity index is 140. The summed E-state index contributed by atoms with van der Waals surface area (Å²) in [6.45, 7) is 7.51. The van der Waals surface area contributed by atoms with E-state index < -0.39 is 0 Å². The molecule has 0 fully saturated rings. The quantitative estimate of drug-likeness (QED) is 0.525. The van der Waals surface area contributed by atoms with Gasteiger partial charge in [0.05, 0.1) is 0 Å². The van der Waals surface area contributed by atoms with Crippen molar-refractivity contribution >= 4 is 0 Å². The van der Waals surface area contributed by atoms with Crippen molar-refractivity contribution in [3.8, 4) is 0 Å². The summed E-state index contributed by atoms with van der Waals surface area (Å²) in [5.41, 5.74) is 0.892. The molecule has 0 radical (unpaired) electrons. The van der Waals surface area contributed by atoms with Gasteiger partial charge in [0.2, 0.25) is 0 Å². The Morgan fingerprint density at radius 3 is 2.27 bits per heavy atom. The Morgan fingerprint density at radius 2 is 1.91 bits per heavy atom. The molecule has 1 nitrogen and oxygen atoms in total. The predicted molar refractivity (Wildman–Crippen MR) is 47.3 cm³/mol. The van der Waals surface area contributed by atoms with Gasteiger partial charge >= 0.3 is 0 Å². The zero-order valence-electron chi connectivity index (χ0n) is 7.95. The highest BCUT2D eigenvalue weighted by atomic mass is 19.1. The van der Waals surface area contributed by atoms with Gasteiger partial charge in [0.25, 0.3) is 0 Å². The second-order valence-corrected chi connectivity index (χ2v) is 2.67. The van der Waals surface area contributed by atoms with Gasteiger partial charge in [-0.15, -0.1) is 0 Å². The first-order valence-corrected chi connectivity index (χ1v) is 4.23.